The first kappa shape index (κ1) is 17.8. The van der Waals surface area contributed by atoms with Crippen LogP contribution >= 0.6 is 0 Å². The number of nitrogens with zero attached hydrogens (tertiary/aromatic N) is 1. The molecule has 0 aromatic heterocycles. The number of para-hydroxylation sites is 1. The zero-order valence-electron chi connectivity index (χ0n) is 14.6. The van der Waals surface area contributed by atoms with E-state index in [-0.39, 0.29) is 30.2 Å². The lowest BCUT2D eigenvalue weighted by molar-refractivity contribution is -0.121. The minimum atomic E-state index is -0.0886. The minimum absolute atomic E-state index is 0.0104. The van der Waals surface area contributed by atoms with Crippen molar-refractivity contribution in [3.8, 4) is 0 Å². The maximum absolute atomic E-state index is 12.1. The molecule has 0 bridgehead atoms. The first-order chi connectivity index (χ1) is 10.9. The molecule has 0 radical (unpaired) electrons. The van der Waals surface area contributed by atoms with E-state index in [9.17, 15) is 4.79 Å². The summed E-state index contributed by atoms with van der Waals surface area (Å²) in [5.41, 5.74) is 0.868. The van der Waals surface area contributed by atoms with Crippen molar-refractivity contribution in [1.82, 2.24) is 10.2 Å². The van der Waals surface area contributed by atoms with E-state index in [0.29, 0.717) is 6.54 Å². The van der Waals surface area contributed by atoms with Gasteiger partial charge in [0, 0.05) is 30.9 Å². The molecule has 128 valence electrons. The van der Waals surface area contributed by atoms with E-state index < -0.39 is 0 Å². The van der Waals surface area contributed by atoms with Crippen LogP contribution in [0, 0.1) is 0 Å². The number of anilines is 1. The van der Waals surface area contributed by atoms with Gasteiger partial charge >= 0.3 is 0 Å². The Balaban J connectivity index is 1.78. The van der Waals surface area contributed by atoms with Crippen LogP contribution in [0.1, 0.15) is 27.7 Å². The predicted octanol–water partition coefficient (Wildman–Crippen LogP) is 2.10. The van der Waals surface area contributed by atoms with Crippen molar-refractivity contribution in [3.63, 3.8) is 0 Å². The second kappa shape index (κ2) is 7.79. The highest BCUT2D eigenvalue weighted by Crippen LogP contribution is 2.20. The Bertz CT molecular complexity index is 494. The van der Waals surface area contributed by atoms with Gasteiger partial charge in [0.15, 0.2) is 0 Å². The highest BCUT2D eigenvalue weighted by atomic mass is 16.5. The summed E-state index contributed by atoms with van der Waals surface area (Å²) in [5.74, 6) is 0.0104. The number of hydrogen-bond acceptors (Lipinski definition) is 4. The fourth-order valence-corrected chi connectivity index (χ4v) is 2.90. The van der Waals surface area contributed by atoms with Gasteiger partial charge in [-0.15, -0.1) is 0 Å². The van der Waals surface area contributed by atoms with E-state index in [1.807, 2.05) is 30.3 Å². The molecule has 0 saturated carbocycles. The number of hydrogen-bond donors (Lipinski definition) is 2. The monoisotopic (exact) mass is 319 g/mol. The van der Waals surface area contributed by atoms with E-state index in [0.717, 1.165) is 18.8 Å². The molecule has 5 nitrogen and oxygen atoms in total. The maximum atomic E-state index is 12.1. The zero-order chi connectivity index (χ0) is 16.9. The van der Waals surface area contributed by atoms with Gasteiger partial charge in [0.05, 0.1) is 18.8 Å². The van der Waals surface area contributed by atoms with Gasteiger partial charge in [0.25, 0.3) is 0 Å². The summed E-state index contributed by atoms with van der Waals surface area (Å²) in [6.07, 6.45) is 0.460. The van der Waals surface area contributed by atoms with Crippen molar-refractivity contribution in [2.75, 3.05) is 31.5 Å². The topological polar surface area (TPSA) is 53.6 Å². The Labute approximate surface area is 139 Å². The van der Waals surface area contributed by atoms with Gasteiger partial charge in [-0.3, -0.25) is 9.69 Å². The van der Waals surface area contributed by atoms with Crippen LogP contribution in [0.25, 0.3) is 0 Å². The van der Waals surface area contributed by atoms with E-state index in [4.69, 9.17) is 4.74 Å². The summed E-state index contributed by atoms with van der Waals surface area (Å²) in [6, 6.07) is 9.76. The normalized spacial score (nSPS) is 22.6. The minimum Gasteiger partial charge on any atom is -0.376 e. The van der Waals surface area contributed by atoms with Crippen molar-refractivity contribution in [2.24, 2.45) is 0 Å². The molecule has 1 heterocycles. The number of benzene rings is 1. The number of morpholine rings is 1. The van der Waals surface area contributed by atoms with Crippen molar-refractivity contribution in [3.05, 3.63) is 30.3 Å². The van der Waals surface area contributed by atoms with Crippen molar-refractivity contribution < 1.29 is 9.53 Å². The first-order valence-corrected chi connectivity index (χ1v) is 8.33. The highest BCUT2D eigenvalue weighted by molar-refractivity contribution is 5.80. The van der Waals surface area contributed by atoms with Gasteiger partial charge in [0.2, 0.25) is 5.91 Å². The second-order valence-corrected chi connectivity index (χ2v) is 6.97. The fourth-order valence-electron chi connectivity index (χ4n) is 2.90. The molecular weight excluding hydrogens is 290 g/mol. The summed E-state index contributed by atoms with van der Waals surface area (Å²) in [6.45, 7) is 11.2. The maximum Gasteiger partial charge on any atom is 0.239 e. The largest absolute Gasteiger partial charge is 0.376 e. The molecule has 1 aromatic rings. The van der Waals surface area contributed by atoms with Crippen LogP contribution in [0.4, 0.5) is 5.69 Å². The molecule has 1 amide bonds. The van der Waals surface area contributed by atoms with Crippen LogP contribution in [0.2, 0.25) is 0 Å². The van der Waals surface area contributed by atoms with Crippen molar-refractivity contribution in [2.45, 2.75) is 45.4 Å². The molecule has 5 heteroatoms. The van der Waals surface area contributed by atoms with Crippen LogP contribution in [0.15, 0.2) is 30.3 Å². The lowest BCUT2D eigenvalue weighted by atomic mass is 10.00. The SMILES string of the molecule is CC1CN(C(C)(C)CNC(=O)CNc2ccccc2)CC(C)O1. The number of rotatable bonds is 6. The Morgan fingerprint density at radius 1 is 1.22 bits per heavy atom. The van der Waals surface area contributed by atoms with Crippen LogP contribution in [0.5, 0.6) is 0 Å². The molecule has 1 saturated heterocycles. The van der Waals surface area contributed by atoms with E-state index in [1.54, 1.807) is 0 Å². The standard InChI is InChI=1S/C18H29N3O2/c1-14-11-21(12-15(2)23-14)18(3,4)13-20-17(22)10-19-16-8-6-5-7-9-16/h5-9,14-15,19H,10-13H2,1-4H3,(H,20,22). The summed E-state index contributed by atoms with van der Waals surface area (Å²) in [5, 5.41) is 6.16. The van der Waals surface area contributed by atoms with Gasteiger partial charge in [-0.25, -0.2) is 0 Å². The molecule has 2 rings (SSSR count). The Kier molecular flexibility index (Phi) is 6.02. The summed E-state index contributed by atoms with van der Waals surface area (Å²) in [4.78, 5) is 14.5. The Hall–Kier alpha value is -1.59. The molecule has 1 aliphatic rings. The molecule has 1 aliphatic heterocycles. The van der Waals surface area contributed by atoms with Crippen LogP contribution in [0.3, 0.4) is 0 Å². The Morgan fingerprint density at radius 3 is 2.43 bits per heavy atom. The Morgan fingerprint density at radius 2 is 1.83 bits per heavy atom. The molecule has 1 aromatic carbocycles. The van der Waals surface area contributed by atoms with Gasteiger partial charge in [0.1, 0.15) is 0 Å². The molecule has 2 atom stereocenters. The number of ether oxygens (including phenoxy) is 1. The summed E-state index contributed by atoms with van der Waals surface area (Å²) >= 11 is 0. The molecule has 1 fully saturated rings. The highest BCUT2D eigenvalue weighted by Gasteiger charge is 2.33. The number of nitrogens with one attached hydrogen (secondary N) is 2. The van der Waals surface area contributed by atoms with Crippen molar-refractivity contribution in [1.29, 1.82) is 0 Å². The van der Waals surface area contributed by atoms with Gasteiger partial charge < -0.3 is 15.4 Å². The average molecular weight is 319 g/mol. The van der Waals surface area contributed by atoms with Gasteiger partial charge in [-0.2, -0.15) is 0 Å². The van der Waals surface area contributed by atoms with E-state index in [1.165, 1.54) is 0 Å². The molecule has 2 N–H and O–H groups in total. The van der Waals surface area contributed by atoms with Gasteiger partial charge in [-0.1, -0.05) is 18.2 Å². The van der Waals surface area contributed by atoms with Gasteiger partial charge in [-0.05, 0) is 39.8 Å². The number of carbonyl (C=O) groups excluding carboxylic acids is 1. The molecule has 0 spiro atoms. The average Bonchev–Trinajstić information content (AvgIpc) is 2.51. The smallest absolute Gasteiger partial charge is 0.239 e. The van der Waals surface area contributed by atoms with Crippen LogP contribution in [-0.4, -0.2) is 54.7 Å². The molecule has 2 unspecified atom stereocenters. The molecule has 0 aliphatic carbocycles. The zero-order valence-corrected chi connectivity index (χ0v) is 14.6. The third-order valence-corrected chi connectivity index (χ3v) is 4.22. The molecular formula is C18H29N3O2. The third-order valence-electron chi connectivity index (χ3n) is 4.22. The number of amides is 1. The second-order valence-electron chi connectivity index (χ2n) is 6.97. The molecule has 23 heavy (non-hydrogen) atoms. The van der Waals surface area contributed by atoms with Crippen molar-refractivity contribution >= 4 is 11.6 Å². The third kappa shape index (κ3) is 5.52. The quantitative estimate of drug-likeness (QED) is 0.843. The lowest BCUT2D eigenvalue weighted by Gasteiger charge is -2.45. The van der Waals surface area contributed by atoms with Crippen LogP contribution < -0.4 is 10.6 Å². The number of carbonyl (C=O) groups is 1. The van der Waals surface area contributed by atoms with E-state index in [2.05, 4.69) is 43.2 Å². The summed E-state index contributed by atoms with van der Waals surface area (Å²) < 4.78 is 5.79. The summed E-state index contributed by atoms with van der Waals surface area (Å²) in [7, 11) is 0. The predicted molar refractivity (Wildman–Crippen MR) is 93.6 cm³/mol. The first-order valence-electron chi connectivity index (χ1n) is 8.33. The van der Waals surface area contributed by atoms with Crippen LogP contribution in [-0.2, 0) is 9.53 Å². The fraction of sp³-hybridized carbons (Fsp3) is 0.611. The van der Waals surface area contributed by atoms with E-state index >= 15 is 0 Å². The lowest BCUT2D eigenvalue weighted by Crippen LogP contribution is -2.59.